The second kappa shape index (κ2) is 6.31. The average Bonchev–Trinajstić information content (AvgIpc) is 3.11. The van der Waals surface area contributed by atoms with Crippen LogP contribution in [0.4, 0.5) is 11.4 Å². The number of anilines is 1. The lowest BCUT2D eigenvalue weighted by molar-refractivity contribution is -0.384. The first kappa shape index (κ1) is 17.1. The minimum absolute atomic E-state index is 0.0604. The number of nitro groups is 1. The molecule has 2 N–H and O–H groups in total. The Kier molecular flexibility index (Phi) is 4.32. The van der Waals surface area contributed by atoms with E-state index >= 15 is 0 Å². The molecule has 0 unspecified atom stereocenters. The second-order valence-electron chi connectivity index (χ2n) is 6.93. The number of nitro benzene ring substituents is 1. The summed E-state index contributed by atoms with van der Waals surface area (Å²) in [6.07, 6.45) is 1.60. The van der Waals surface area contributed by atoms with Gasteiger partial charge in [-0.1, -0.05) is 17.2 Å². The number of hydrogen-bond donors (Lipinski definition) is 2. The van der Waals surface area contributed by atoms with Gasteiger partial charge < -0.3 is 10.4 Å². The van der Waals surface area contributed by atoms with Crippen molar-refractivity contribution in [2.24, 2.45) is 23.7 Å². The molecule has 7 nitrogen and oxygen atoms in total. The Hall–Kier alpha value is -2.70. The molecule has 2 aliphatic rings. The van der Waals surface area contributed by atoms with Crippen LogP contribution in [-0.4, -0.2) is 21.9 Å². The Morgan fingerprint density at radius 3 is 2.40 bits per heavy atom. The molecule has 1 aromatic rings. The Morgan fingerprint density at radius 1 is 1.20 bits per heavy atom. The number of rotatable bonds is 4. The highest BCUT2D eigenvalue weighted by Gasteiger charge is 2.57. The van der Waals surface area contributed by atoms with Crippen molar-refractivity contribution in [3.8, 4) is 0 Å². The number of aliphatic carboxylic acids is 1. The lowest BCUT2D eigenvalue weighted by Crippen LogP contribution is -2.37. The van der Waals surface area contributed by atoms with E-state index in [4.69, 9.17) is 0 Å². The maximum Gasteiger partial charge on any atom is 0.307 e. The summed E-state index contributed by atoms with van der Waals surface area (Å²) in [4.78, 5) is 34.9. The lowest BCUT2D eigenvalue weighted by Gasteiger charge is -2.26. The molecule has 0 aliphatic heterocycles. The highest BCUT2D eigenvalue weighted by molar-refractivity contribution is 5.97. The number of carbonyl (C=O) groups is 2. The number of carbonyl (C=O) groups excluding carboxylic acids is 1. The second-order valence-corrected chi connectivity index (χ2v) is 6.93. The molecule has 2 bridgehead atoms. The number of nitrogens with one attached hydrogen (secondary N) is 1. The third-order valence-electron chi connectivity index (χ3n) is 5.33. The first-order chi connectivity index (χ1) is 11.8. The summed E-state index contributed by atoms with van der Waals surface area (Å²) < 4.78 is 0. The quantitative estimate of drug-likeness (QED) is 0.495. The van der Waals surface area contributed by atoms with E-state index in [0.29, 0.717) is 5.69 Å². The van der Waals surface area contributed by atoms with Gasteiger partial charge in [0.2, 0.25) is 5.91 Å². The lowest BCUT2D eigenvalue weighted by atomic mass is 9.78. The van der Waals surface area contributed by atoms with Crippen LogP contribution in [0.1, 0.15) is 26.7 Å². The van der Waals surface area contributed by atoms with Crippen LogP contribution >= 0.6 is 0 Å². The Morgan fingerprint density at radius 2 is 1.84 bits per heavy atom. The van der Waals surface area contributed by atoms with Crippen LogP contribution in [0.3, 0.4) is 0 Å². The number of carboxylic acid groups (broad SMARTS) is 1. The fourth-order valence-corrected chi connectivity index (χ4v) is 4.53. The van der Waals surface area contributed by atoms with E-state index in [1.165, 1.54) is 18.2 Å². The fraction of sp³-hybridized carbons (Fsp3) is 0.444. The van der Waals surface area contributed by atoms with Crippen LogP contribution < -0.4 is 5.32 Å². The van der Waals surface area contributed by atoms with E-state index < -0.39 is 22.7 Å². The molecule has 7 heteroatoms. The minimum Gasteiger partial charge on any atom is -0.481 e. The number of benzene rings is 1. The maximum atomic E-state index is 12.8. The molecular weight excluding hydrogens is 324 g/mol. The zero-order valence-electron chi connectivity index (χ0n) is 14.1. The Labute approximate surface area is 144 Å². The molecule has 2 fully saturated rings. The minimum atomic E-state index is -0.954. The molecule has 0 radical (unpaired) electrons. The topological polar surface area (TPSA) is 110 Å². The van der Waals surface area contributed by atoms with Crippen LogP contribution in [-0.2, 0) is 9.59 Å². The van der Waals surface area contributed by atoms with Gasteiger partial charge in [0.15, 0.2) is 0 Å². The molecular formula is C18H20N2O5. The van der Waals surface area contributed by atoms with Gasteiger partial charge in [-0.15, -0.1) is 0 Å². The van der Waals surface area contributed by atoms with Crippen molar-refractivity contribution < 1.29 is 19.6 Å². The van der Waals surface area contributed by atoms with Gasteiger partial charge in [0.25, 0.3) is 5.69 Å². The third kappa shape index (κ3) is 2.90. The molecule has 0 heterocycles. The van der Waals surface area contributed by atoms with E-state index in [0.717, 1.165) is 24.0 Å². The van der Waals surface area contributed by atoms with Crippen molar-refractivity contribution in [2.75, 3.05) is 5.32 Å². The van der Waals surface area contributed by atoms with Gasteiger partial charge in [0.05, 0.1) is 16.8 Å². The smallest absolute Gasteiger partial charge is 0.307 e. The summed E-state index contributed by atoms with van der Waals surface area (Å²) in [5, 5.41) is 23.2. The van der Waals surface area contributed by atoms with Gasteiger partial charge in [-0.05, 0) is 44.6 Å². The molecule has 2 saturated carbocycles. The van der Waals surface area contributed by atoms with Crippen LogP contribution in [0, 0.1) is 33.8 Å². The van der Waals surface area contributed by atoms with Crippen LogP contribution in [0.5, 0.6) is 0 Å². The fourth-order valence-electron chi connectivity index (χ4n) is 4.53. The van der Waals surface area contributed by atoms with Crippen LogP contribution in [0.2, 0.25) is 0 Å². The molecule has 0 spiro atoms. The molecule has 1 aromatic carbocycles. The zero-order chi connectivity index (χ0) is 18.3. The summed E-state index contributed by atoms with van der Waals surface area (Å²) in [6.45, 7) is 3.92. The number of nitrogens with zero attached hydrogens (tertiary/aromatic N) is 1. The van der Waals surface area contributed by atoms with Crippen molar-refractivity contribution in [3.63, 3.8) is 0 Å². The van der Waals surface area contributed by atoms with Crippen molar-refractivity contribution in [2.45, 2.75) is 26.7 Å². The van der Waals surface area contributed by atoms with Gasteiger partial charge in [-0.2, -0.15) is 0 Å². The average molecular weight is 344 g/mol. The van der Waals surface area contributed by atoms with Crippen molar-refractivity contribution >= 4 is 23.3 Å². The first-order valence-electron chi connectivity index (χ1n) is 8.26. The molecule has 25 heavy (non-hydrogen) atoms. The summed E-state index contributed by atoms with van der Waals surface area (Å²) in [5.74, 6) is -2.85. The molecule has 3 rings (SSSR count). The predicted octanol–water partition coefficient (Wildman–Crippen LogP) is 3.23. The summed E-state index contributed by atoms with van der Waals surface area (Å²) in [5.41, 5.74) is 2.38. The van der Waals surface area contributed by atoms with E-state index in [9.17, 15) is 24.8 Å². The largest absolute Gasteiger partial charge is 0.481 e. The Balaban J connectivity index is 1.88. The third-order valence-corrected chi connectivity index (χ3v) is 5.33. The molecule has 2 aliphatic carbocycles. The van der Waals surface area contributed by atoms with Gasteiger partial charge in [0, 0.05) is 17.8 Å². The number of carboxylic acids is 1. The van der Waals surface area contributed by atoms with Gasteiger partial charge in [-0.3, -0.25) is 19.7 Å². The zero-order valence-corrected chi connectivity index (χ0v) is 14.1. The highest BCUT2D eigenvalue weighted by atomic mass is 16.6. The monoisotopic (exact) mass is 344 g/mol. The van der Waals surface area contributed by atoms with E-state index in [-0.39, 0.29) is 23.4 Å². The van der Waals surface area contributed by atoms with E-state index in [2.05, 4.69) is 5.32 Å². The van der Waals surface area contributed by atoms with E-state index in [1.807, 2.05) is 13.8 Å². The van der Waals surface area contributed by atoms with Crippen LogP contribution in [0.25, 0.3) is 0 Å². The number of hydrogen-bond acceptors (Lipinski definition) is 4. The summed E-state index contributed by atoms with van der Waals surface area (Å²) >= 11 is 0. The normalized spacial score (nSPS) is 27.2. The van der Waals surface area contributed by atoms with Crippen molar-refractivity contribution in [3.05, 3.63) is 45.5 Å². The number of non-ortho nitro benzene ring substituents is 1. The maximum absolute atomic E-state index is 12.8. The highest BCUT2D eigenvalue weighted by Crippen LogP contribution is 2.57. The van der Waals surface area contributed by atoms with Crippen LogP contribution in [0.15, 0.2) is 35.4 Å². The molecule has 4 atom stereocenters. The summed E-state index contributed by atoms with van der Waals surface area (Å²) in [6, 6.07) is 5.68. The van der Waals surface area contributed by atoms with Crippen molar-refractivity contribution in [1.29, 1.82) is 0 Å². The SMILES string of the molecule is CC(C)=C1[C@H]2CC[C@H]1[C@@H](C(=O)Nc1cccc([N+](=O)[O-])c1)[C@H]2C(=O)O. The molecule has 0 saturated heterocycles. The van der Waals surface area contributed by atoms with Gasteiger partial charge >= 0.3 is 5.97 Å². The standard InChI is InChI=1S/C18H20N2O5/c1-9(2)14-12-6-7-13(14)16(18(22)23)15(12)17(21)19-10-4-3-5-11(8-10)20(24)25/h3-5,8,12-13,15-16H,6-7H2,1-2H3,(H,19,21)(H,22,23)/t12-,13-,15-,16+/m1/s1. The number of fused-ring (bicyclic) bond motifs is 2. The van der Waals surface area contributed by atoms with Gasteiger partial charge in [-0.25, -0.2) is 0 Å². The molecule has 1 amide bonds. The van der Waals surface area contributed by atoms with E-state index in [1.54, 1.807) is 6.07 Å². The van der Waals surface area contributed by atoms with Crippen molar-refractivity contribution in [1.82, 2.24) is 0 Å². The summed E-state index contributed by atoms with van der Waals surface area (Å²) in [7, 11) is 0. The first-order valence-corrected chi connectivity index (χ1v) is 8.26. The molecule has 0 aromatic heterocycles. The molecule has 132 valence electrons. The number of amides is 1. The predicted molar refractivity (Wildman–Crippen MR) is 90.9 cm³/mol. The van der Waals surface area contributed by atoms with Gasteiger partial charge in [0.1, 0.15) is 0 Å². The Bertz CT molecular complexity index is 781. The number of allylic oxidation sites excluding steroid dienone is 2.